The first-order valence-electron chi connectivity index (χ1n) is 38.4. The summed E-state index contributed by atoms with van der Waals surface area (Å²) in [5.41, 5.74) is 46.0. The van der Waals surface area contributed by atoms with Gasteiger partial charge in [-0.15, -0.1) is 0 Å². The van der Waals surface area contributed by atoms with Crippen molar-refractivity contribution in [1.29, 1.82) is 0 Å². The number of rotatable bonds is 4. The maximum atomic E-state index is 2.74. The molecule has 17 aromatic carbocycles. The number of benzene rings is 17. The molecule has 0 bridgehead atoms. The Balaban J connectivity index is 0.816. The summed E-state index contributed by atoms with van der Waals surface area (Å²) in [6.07, 6.45) is 0. The van der Waals surface area contributed by atoms with Gasteiger partial charge in [0.05, 0.1) is 33.0 Å². The van der Waals surface area contributed by atoms with Gasteiger partial charge in [0.1, 0.15) is 0 Å². The SMILES string of the molecule is c1ccc(-c2ccc3c(c2)B2c4cc5c(cc4N(c4ccc6c(c4)-c4ccccc4C64c6ccccc6-c6ccccc64)c4cc(-n6c7ccccc7c7ccccc76)cc(c42)N3c2ccc3c(c2)C2(c4ccccc4-c4ccccc42)c2ccccc2-3)C2(c3ccccc3-c3ccccc32)c2ccccc2-5)cc1. The van der Waals surface area contributed by atoms with Crippen LogP contribution in [-0.4, -0.2) is 11.3 Å². The van der Waals surface area contributed by atoms with Gasteiger partial charge in [0.15, 0.2) is 0 Å². The Morgan fingerprint density at radius 1 is 0.193 bits per heavy atom. The predicted octanol–water partition coefficient (Wildman–Crippen LogP) is 23.6. The summed E-state index contributed by atoms with van der Waals surface area (Å²) >= 11 is 0. The molecule has 1 aromatic heterocycles. The molecule has 26 rings (SSSR count). The van der Waals surface area contributed by atoms with Crippen LogP contribution >= 0.6 is 0 Å². The third kappa shape index (κ3) is 7.00. The lowest BCUT2D eigenvalue weighted by molar-refractivity contribution is 0.793. The summed E-state index contributed by atoms with van der Waals surface area (Å²) in [6.45, 7) is -0.251. The van der Waals surface area contributed by atoms with Gasteiger partial charge < -0.3 is 14.4 Å². The van der Waals surface area contributed by atoms with Crippen molar-refractivity contribution in [3.63, 3.8) is 0 Å². The van der Waals surface area contributed by atoms with Crippen LogP contribution in [-0.2, 0) is 16.2 Å². The molecular formula is C105H62BN3. The largest absolute Gasteiger partial charge is 0.311 e. The lowest BCUT2D eigenvalue weighted by atomic mass is 9.33. The van der Waals surface area contributed by atoms with Gasteiger partial charge in [-0.2, -0.15) is 0 Å². The molecule has 18 aromatic rings. The fourth-order valence-corrected chi connectivity index (χ4v) is 22.7. The van der Waals surface area contributed by atoms with Gasteiger partial charge in [0.25, 0.3) is 6.71 Å². The second-order valence-electron chi connectivity index (χ2n) is 31.1. The van der Waals surface area contributed by atoms with Gasteiger partial charge in [-0.1, -0.05) is 315 Å². The van der Waals surface area contributed by atoms with Crippen LogP contribution in [0.15, 0.2) is 376 Å². The summed E-state index contributed by atoms with van der Waals surface area (Å²) in [6, 6.07) is 146. The van der Waals surface area contributed by atoms with Crippen molar-refractivity contribution in [2.45, 2.75) is 16.2 Å². The topological polar surface area (TPSA) is 11.4 Å². The molecule has 0 radical (unpaired) electrons. The van der Waals surface area contributed by atoms with Crippen LogP contribution < -0.4 is 26.2 Å². The van der Waals surface area contributed by atoms with E-state index in [9.17, 15) is 0 Å². The molecule has 3 spiro atoms. The molecule has 0 fully saturated rings. The van der Waals surface area contributed by atoms with Crippen LogP contribution in [0.2, 0.25) is 0 Å². The molecule has 500 valence electrons. The zero-order chi connectivity index (χ0) is 70.7. The van der Waals surface area contributed by atoms with E-state index in [1.807, 2.05) is 0 Å². The summed E-state index contributed by atoms with van der Waals surface area (Å²) in [5, 5.41) is 2.44. The van der Waals surface area contributed by atoms with Crippen molar-refractivity contribution < 1.29 is 0 Å². The van der Waals surface area contributed by atoms with E-state index in [1.54, 1.807) is 0 Å². The predicted molar refractivity (Wildman–Crippen MR) is 449 cm³/mol. The van der Waals surface area contributed by atoms with Crippen molar-refractivity contribution in [2.75, 3.05) is 9.80 Å². The third-order valence-corrected chi connectivity index (χ3v) is 26.6. The van der Waals surface area contributed by atoms with Crippen LogP contribution in [0.1, 0.15) is 66.8 Å². The molecule has 0 N–H and O–H groups in total. The summed E-state index contributed by atoms with van der Waals surface area (Å²) in [7, 11) is 0. The standard InChI is InChI=1S/C105H62BN3/c1-2-26-63(27-3-1)64-50-55-98-94(56-64)106-95-61-81-76-36-12-23-47-90(76)105(86-43-19-8-32-72(86)73-33-9-20-44-87(73)105)93(81)62-99(95)108(65-52-54-91-80(57-65)75-35-11-22-46-89(75)103(91)82-39-15-4-28-68(82)69-29-5-16-40-83(69)103)101-60-67(109-96-48-24-13-37-78(96)79-38-14-25-49-97(79)109)59-100(102(101)106)107(98)66-51-53-77-74-34-10-21-45-88(74)104(92(77)58-66)84-41-17-6-30-70(84)71-31-7-18-42-85(71)104/h1-62H. The highest BCUT2D eigenvalue weighted by Crippen LogP contribution is 2.68. The number of hydrogen-bond donors (Lipinski definition) is 0. The average molecular weight is 1380 g/mol. The number of fused-ring (bicyclic) bond motifs is 37. The van der Waals surface area contributed by atoms with Crippen molar-refractivity contribution >= 4 is 79.0 Å². The Morgan fingerprint density at radius 3 is 1.00 bits per heavy atom. The normalized spacial score (nSPS) is 15.0. The van der Waals surface area contributed by atoms with Gasteiger partial charge in [-0.05, 0) is 222 Å². The van der Waals surface area contributed by atoms with Crippen LogP contribution in [0.5, 0.6) is 0 Å². The van der Waals surface area contributed by atoms with Crippen molar-refractivity contribution in [2.24, 2.45) is 0 Å². The molecule has 0 saturated heterocycles. The molecule has 4 heteroatoms. The van der Waals surface area contributed by atoms with E-state index in [4.69, 9.17) is 0 Å². The maximum Gasteiger partial charge on any atom is 0.252 e. The smallest absolute Gasteiger partial charge is 0.252 e. The lowest BCUT2D eigenvalue weighted by Crippen LogP contribution is -2.61. The van der Waals surface area contributed by atoms with E-state index in [0.29, 0.717) is 0 Å². The van der Waals surface area contributed by atoms with Crippen LogP contribution in [0.4, 0.5) is 34.1 Å². The van der Waals surface area contributed by atoms with Crippen molar-refractivity contribution in [1.82, 2.24) is 4.57 Å². The third-order valence-electron chi connectivity index (χ3n) is 26.6. The Labute approximate surface area is 631 Å². The zero-order valence-corrected chi connectivity index (χ0v) is 59.2. The van der Waals surface area contributed by atoms with Crippen molar-refractivity contribution in [3.8, 4) is 83.6 Å². The van der Waals surface area contributed by atoms with E-state index in [-0.39, 0.29) is 6.71 Å². The Hall–Kier alpha value is -13.8. The highest BCUT2D eigenvalue weighted by atomic mass is 15.2. The molecule has 109 heavy (non-hydrogen) atoms. The fraction of sp³-hybridized carbons (Fsp3) is 0.0286. The zero-order valence-electron chi connectivity index (χ0n) is 59.2. The molecule has 0 amide bonds. The van der Waals surface area contributed by atoms with Crippen LogP contribution in [0, 0.1) is 0 Å². The Bertz CT molecular complexity index is 6960. The van der Waals surface area contributed by atoms with E-state index in [0.717, 1.165) is 45.2 Å². The van der Waals surface area contributed by atoms with E-state index in [2.05, 4.69) is 390 Å². The monoisotopic (exact) mass is 1380 g/mol. The molecule has 3 nitrogen and oxygen atoms in total. The molecule has 8 aliphatic rings. The number of para-hydroxylation sites is 2. The quantitative estimate of drug-likeness (QED) is 0.163. The Morgan fingerprint density at radius 2 is 0.532 bits per heavy atom. The van der Waals surface area contributed by atoms with E-state index < -0.39 is 16.2 Å². The molecule has 0 saturated carbocycles. The minimum atomic E-state index is -0.616. The first-order chi connectivity index (χ1) is 54.1. The van der Waals surface area contributed by atoms with Crippen molar-refractivity contribution in [3.05, 3.63) is 443 Å². The van der Waals surface area contributed by atoms with Gasteiger partial charge in [0.2, 0.25) is 0 Å². The molecule has 3 heterocycles. The van der Waals surface area contributed by atoms with Gasteiger partial charge in [-0.3, -0.25) is 0 Å². The first-order valence-corrected chi connectivity index (χ1v) is 38.4. The second kappa shape index (κ2) is 20.8. The van der Waals surface area contributed by atoms with Gasteiger partial charge >= 0.3 is 0 Å². The maximum absolute atomic E-state index is 2.74. The number of hydrogen-bond acceptors (Lipinski definition) is 2. The van der Waals surface area contributed by atoms with Crippen LogP contribution in [0.3, 0.4) is 0 Å². The average Bonchev–Trinajstić information content (AvgIpc) is 1.58. The summed E-state index contributed by atoms with van der Waals surface area (Å²) < 4.78 is 2.56. The number of nitrogens with zero attached hydrogens (tertiary/aromatic N) is 3. The van der Waals surface area contributed by atoms with E-state index >= 15 is 0 Å². The molecule has 2 aliphatic heterocycles. The molecular weight excluding hydrogens is 1310 g/mol. The Kier molecular flexibility index (Phi) is 11.2. The first kappa shape index (κ1) is 58.5. The fourth-order valence-electron chi connectivity index (χ4n) is 22.7. The van der Waals surface area contributed by atoms with Crippen LogP contribution in [0.25, 0.3) is 105 Å². The molecule has 0 atom stereocenters. The summed E-state index contributed by atoms with van der Waals surface area (Å²) in [4.78, 5) is 5.42. The molecule has 0 unspecified atom stereocenters. The minimum absolute atomic E-state index is 0.251. The molecule has 6 aliphatic carbocycles. The minimum Gasteiger partial charge on any atom is -0.311 e. The van der Waals surface area contributed by atoms with E-state index in [1.165, 1.54) is 177 Å². The van der Waals surface area contributed by atoms with Gasteiger partial charge in [-0.25, -0.2) is 0 Å². The van der Waals surface area contributed by atoms with Gasteiger partial charge in [0, 0.05) is 44.9 Å². The number of anilines is 6. The number of aromatic nitrogens is 1. The highest BCUT2D eigenvalue weighted by molar-refractivity contribution is 7.00. The summed E-state index contributed by atoms with van der Waals surface area (Å²) in [5.74, 6) is 0. The second-order valence-corrected chi connectivity index (χ2v) is 31.1. The highest BCUT2D eigenvalue weighted by Gasteiger charge is 2.57. The lowest BCUT2D eigenvalue weighted by Gasteiger charge is -2.45.